The minimum absolute atomic E-state index is 0.260. The summed E-state index contributed by atoms with van der Waals surface area (Å²) >= 11 is 5.99. The molecule has 1 aliphatic heterocycles. The van der Waals surface area contributed by atoms with Gasteiger partial charge in [-0.15, -0.1) is 0 Å². The molecule has 0 spiro atoms. The number of anilines is 1. The summed E-state index contributed by atoms with van der Waals surface area (Å²) in [6.07, 6.45) is 1.55. The lowest BCUT2D eigenvalue weighted by atomic mass is 10.1. The predicted octanol–water partition coefficient (Wildman–Crippen LogP) is 3.61. The van der Waals surface area contributed by atoms with Gasteiger partial charge in [0.1, 0.15) is 0 Å². The first-order valence-electron chi connectivity index (χ1n) is 7.63. The normalized spacial score (nSPS) is 17.1. The molecular formula is C17H19ClN2O2S. The van der Waals surface area contributed by atoms with E-state index in [-0.39, 0.29) is 6.04 Å². The average Bonchev–Trinajstić information content (AvgIpc) is 2.56. The van der Waals surface area contributed by atoms with Gasteiger partial charge in [-0.3, -0.25) is 0 Å². The van der Waals surface area contributed by atoms with Crippen LogP contribution in [0, 0.1) is 0 Å². The Hall–Kier alpha value is -1.56. The number of benzene rings is 2. The van der Waals surface area contributed by atoms with Crippen molar-refractivity contribution < 1.29 is 8.42 Å². The molecule has 1 N–H and O–H groups in total. The third kappa shape index (κ3) is 3.86. The molecule has 23 heavy (non-hydrogen) atoms. The van der Waals surface area contributed by atoms with Gasteiger partial charge in [0.2, 0.25) is 10.0 Å². The number of rotatable bonds is 4. The largest absolute Gasteiger partial charge is 0.382 e. The zero-order valence-electron chi connectivity index (χ0n) is 12.7. The number of nitrogens with zero attached hydrogens (tertiary/aromatic N) is 1. The van der Waals surface area contributed by atoms with Crippen molar-refractivity contribution in [3.05, 3.63) is 59.6 Å². The molecule has 1 saturated heterocycles. The number of nitrogens with one attached hydrogen (secondary N) is 1. The first-order chi connectivity index (χ1) is 11.1. The third-order valence-corrected chi connectivity index (χ3v) is 6.18. The van der Waals surface area contributed by atoms with Crippen molar-refractivity contribution >= 4 is 27.3 Å². The number of hydrogen-bond acceptors (Lipinski definition) is 3. The Labute approximate surface area is 142 Å². The van der Waals surface area contributed by atoms with E-state index in [9.17, 15) is 8.42 Å². The maximum atomic E-state index is 12.6. The van der Waals surface area contributed by atoms with Gasteiger partial charge in [-0.25, -0.2) is 8.42 Å². The molecule has 1 fully saturated rings. The van der Waals surface area contributed by atoms with Crippen LogP contribution in [0.1, 0.15) is 12.8 Å². The molecule has 0 aliphatic carbocycles. The van der Waals surface area contributed by atoms with E-state index in [1.165, 1.54) is 0 Å². The van der Waals surface area contributed by atoms with E-state index in [1.54, 1.807) is 28.6 Å². The topological polar surface area (TPSA) is 49.4 Å². The lowest BCUT2D eigenvalue weighted by molar-refractivity contribution is 0.330. The Balaban J connectivity index is 1.62. The Morgan fingerprint density at radius 3 is 2.35 bits per heavy atom. The molecular weight excluding hydrogens is 332 g/mol. The van der Waals surface area contributed by atoms with Crippen LogP contribution < -0.4 is 5.32 Å². The lowest BCUT2D eigenvalue weighted by Gasteiger charge is -2.32. The van der Waals surface area contributed by atoms with Crippen LogP contribution in [-0.4, -0.2) is 31.9 Å². The summed E-state index contributed by atoms with van der Waals surface area (Å²) in [6, 6.07) is 16.5. The molecule has 2 aromatic rings. The summed E-state index contributed by atoms with van der Waals surface area (Å²) in [7, 11) is -3.38. The first kappa shape index (κ1) is 16.3. The molecule has 1 heterocycles. The molecule has 0 radical (unpaired) electrons. The molecule has 0 saturated carbocycles. The van der Waals surface area contributed by atoms with Crippen LogP contribution in [0.5, 0.6) is 0 Å². The van der Waals surface area contributed by atoms with Crippen molar-refractivity contribution in [2.24, 2.45) is 0 Å². The summed E-state index contributed by atoms with van der Waals surface area (Å²) in [5.41, 5.74) is 0.974. The Morgan fingerprint density at radius 1 is 1.00 bits per heavy atom. The van der Waals surface area contributed by atoms with Gasteiger partial charge in [-0.05, 0) is 43.2 Å². The Kier molecular flexibility index (Phi) is 4.90. The molecule has 0 aromatic heterocycles. The summed E-state index contributed by atoms with van der Waals surface area (Å²) in [4.78, 5) is 0.362. The molecule has 3 rings (SSSR count). The number of hydrogen-bond donors (Lipinski definition) is 1. The molecule has 2 aromatic carbocycles. The molecule has 0 unspecified atom stereocenters. The van der Waals surface area contributed by atoms with Crippen LogP contribution in [0.25, 0.3) is 0 Å². The quantitative estimate of drug-likeness (QED) is 0.916. The fourth-order valence-corrected chi connectivity index (χ4v) is 4.48. The van der Waals surface area contributed by atoms with Gasteiger partial charge >= 0.3 is 0 Å². The van der Waals surface area contributed by atoms with Crippen molar-refractivity contribution in [1.29, 1.82) is 0 Å². The van der Waals surface area contributed by atoms with Crippen molar-refractivity contribution in [3.8, 4) is 0 Å². The van der Waals surface area contributed by atoms with Crippen LogP contribution in [-0.2, 0) is 10.0 Å². The SMILES string of the molecule is O=S(=O)(c1ccccc1)N1CCC(Nc2cccc(Cl)c2)CC1. The molecule has 6 heteroatoms. The van der Waals surface area contributed by atoms with Gasteiger partial charge < -0.3 is 5.32 Å². The second-order valence-corrected chi connectivity index (χ2v) is 8.02. The monoisotopic (exact) mass is 350 g/mol. The third-order valence-electron chi connectivity index (χ3n) is 4.03. The van der Waals surface area contributed by atoms with Crippen LogP contribution >= 0.6 is 11.6 Å². The highest BCUT2D eigenvalue weighted by Crippen LogP contribution is 2.23. The van der Waals surface area contributed by atoms with E-state index in [1.807, 2.05) is 30.3 Å². The fourth-order valence-electron chi connectivity index (χ4n) is 2.80. The number of halogens is 1. The zero-order valence-corrected chi connectivity index (χ0v) is 14.2. The average molecular weight is 351 g/mol. The van der Waals surface area contributed by atoms with E-state index in [0.29, 0.717) is 23.0 Å². The van der Waals surface area contributed by atoms with E-state index in [2.05, 4.69) is 5.32 Å². The maximum Gasteiger partial charge on any atom is 0.243 e. The van der Waals surface area contributed by atoms with E-state index < -0.39 is 10.0 Å². The van der Waals surface area contributed by atoms with Crippen molar-refractivity contribution in [2.75, 3.05) is 18.4 Å². The molecule has 122 valence electrons. The highest BCUT2D eigenvalue weighted by atomic mass is 35.5. The van der Waals surface area contributed by atoms with Crippen LogP contribution in [0.4, 0.5) is 5.69 Å². The van der Waals surface area contributed by atoms with Gasteiger partial charge in [0.05, 0.1) is 4.90 Å². The van der Waals surface area contributed by atoms with Crippen molar-refractivity contribution in [1.82, 2.24) is 4.31 Å². The van der Waals surface area contributed by atoms with E-state index >= 15 is 0 Å². The van der Waals surface area contributed by atoms with Crippen molar-refractivity contribution in [3.63, 3.8) is 0 Å². The molecule has 4 nitrogen and oxygen atoms in total. The van der Waals surface area contributed by atoms with Gasteiger partial charge in [0, 0.05) is 29.8 Å². The van der Waals surface area contributed by atoms with Gasteiger partial charge in [-0.2, -0.15) is 4.31 Å². The second-order valence-electron chi connectivity index (χ2n) is 5.65. The predicted molar refractivity (Wildman–Crippen MR) is 93.3 cm³/mol. The van der Waals surface area contributed by atoms with Gasteiger partial charge in [0.25, 0.3) is 0 Å². The van der Waals surface area contributed by atoms with Crippen LogP contribution in [0.15, 0.2) is 59.5 Å². The van der Waals surface area contributed by atoms with E-state index in [4.69, 9.17) is 11.6 Å². The molecule has 1 aliphatic rings. The summed E-state index contributed by atoms with van der Waals surface area (Å²) in [5, 5.41) is 4.12. The smallest absolute Gasteiger partial charge is 0.243 e. The Morgan fingerprint density at radius 2 is 1.70 bits per heavy atom. The second kappa shape index (κ2) is 6.91. The van der Waals surface area contributed by atoms with Crippen LogP contribution in [0.3, 0.4) is 0 Å². The summed E-state index contributed by atoms with van der Waals surface area (Å²) < 4.78 is 26.7. The standard InChI is InChI=1S/C17H19ClN2O2S/c18-14-5-4-6-16(13-14)19-15-9-11-20(12-10-15)23(21,22)17-7-2-1-3-8-17/h1-8,13,15,19H,9-12H2. The van der Waals surface area contributed by atoms with Crippen LogP contribution in [0.2, 0.25) is 5.02 Å². The lowest BCUT2D eigenvalue weighted by Crippen LogP contribution is -2.42. The Bertz CT molecular complexity index is 757. The number of sulfonamides is 1. The zero-order chi connectivity index (χ0) is 16.3. The van der Waals surface area contributed by atoms with E-state index in [0.717, 1.165) is 18.5 Å². The minimum Gasteiger partial charge on any atom is -0.382 e. The molecule has 0 amide bonds. The molecule has 0 atom stereocenters. The minimum atomic E-state index is -3.38. The van der Waals surface area contributed by atoms with Gasteiger partial charge in [-0.1, -0.05) is 35.9 Å². The molecule has 0 bridgehead atoms. The first-order valence-corrected chi connectivity index (χ1v) is 9.45. The van der Waals surface area contributed by atoms with Crippen molar-refractivity contribution in [2.45, 2.75) is 23.8 Å². The van der Waals surface area contributed by atoms with Gasteiger partial charge in [0.15, 0.2) is 0 Å². The highest BCUT2D eigenvalue weighted by Gasteiger charge is 2.29. The summed E-state index contributed by atoms with van der Waals surface area (Å²) in [6.45, 7) is 1.05. The fraction of sp³-hybridized carbons (Fsp3) is 0.294. The maximum absolute atomic E-state index is 12.6. The number of piperidine rings is 1. The highest BCUT2D eigenvalue weighted by molar-refractivity contribution is 7.89. The summed E-state index contributed by atoms with van der Waals surface area (Å²) in [5.74, 6) is 0.